The van der Waals surface area contributed by atoms with E-state index >= 15 is 0 Å². The molecule has 2 aromatic carbocycles. The lowest BCUT2D eigenvalue weighted by Crippen LogP contribution is -1.98. The van der Waals surface area contributed by atoms with Crippen molar-refractivity contribution in [2.75, 3.05) is 0 Å². The van der Waals surface area contributed by atoms with Crippen LogP contribution in [0.15, 0.2) is 57.7 Å². The Labute approximate surface area is 115 Å². The Hall–Kier alpha value is -2.06. The summed E-state index contributed by atoms with van der Waals surface area (Å²) in [6.07, 6.45) is 0. The Kier molecular flexibility index (Phi) is 2.88. The molecule has 0 aliphatic heterocycles. The van der Waals surface area contributed by atoms with Gasteiger partial charge in [0.2, 0.25) is 0 Å². The number of rotatable bonds is 1. The zero-order chi connectivity index (χ0) is 13.4. The quantitative estimate of drug-likeness (QED) is 0.613. The first kappa shape index (κ1) is 12.0. The minimum Gasteiger partial charge on any atom is -0.423 e. The first-order valence-electron chi connectivity index (χ1n) is 5.94. The molecule has 0 saturated heterocycles. The van der Waals surface area contributed by atoms with E-state index in [1.807, 2.05) is 37.3 Å². The summed E-state index contributed by atoms with van der Waals surface area (Å²) in [4.78, 5) is 11.7. The molecule has 3 aromatic rings. The standard InChI is InChI=1S/C16H11ClO2/c1-10-4-2-3-5-12(10)13-9-16(18)19-15-7-6-11(17)8-14(13)15/h2-9H,1H3. The molecule has 0 bridgehead atoms. The van der Waals surface area contributed by atoms with Gasteiger partial charge in [0.05, 0.1) is 0 Å². The monoisotopic (exact) mass is 270 g/mol. The summed E-state index contributed by atoms with van der Waals surface area (Å²) < 4.78 is 5.20. The largest absolute Gasteiger partial charge is 0.423 e. The fourth-order valence-corrected chi connectivity index (χ4v) is 2.41. The number of fused-ring (bicyclic) bond motifs is 1. The molecule has 0 atom stereocenters. The van der Waals surface area contributed by atoms with Crippen molar-refractivity contribution >= 4 is 22.6 Å². The normalized spacial score (nSPS) is 10.8. The van der Waals surface area contributed by atoms with E-state index < -0.39 is 0 Å². The van der Waals surface area contributed by atoms with Gasteiger partial charge in [-0.1, -0.05) is 35.9 Å². The van der Waals surface area contributed by atoms with Crippen molar-refractivity contribution in [3.8, 4) is 11.1 Å². The minimum atomic E-state index is -0.354. The zero-order valence-electron chi connectivity index (χ0n) is 10.3. The van der Waals surface area contributed by atoms with Gasteiger partial charge in [-0.3, -0.25) is 0 Å². The maximum absolute atomic E-state index is 11.7. The maximum atomic E-state index is 11.7. The first-order valence-corrected chi connectivity index (χ1v) is 6.32. The molecule has 0 unspecified atom stereocenters. The second-order valence-corrected chi connectivity index (χ2v) is 4.87. The Bertz CT molecular complexity index is 818. The van der Waals surface area contributed by atoms with Gasteiger partial charge in [-0.25, -0.2) is 4.79 Å². The average molecular weight is 271 g/mol. The lowest BCUT2D eigenvalue weighted by atomic mass is 9.98. The molecule has 0 aliphatic carbocycles. The van der Waals surface area contributed by atoms with Crippen LogP contribution >= 0.6 is 11.6 Å². The van der Waals surface area contributed by atoms with E-state index in [9.17, 15) is 4.79 Å². The molecule has 3 rings (SSSR count). The van der Waals surface area contributed by atoms with E-state index in [0.29, 0.717) is 10.6 Å². The fourth-order valence-electron chi connectivity index (χ4n) is 2.23. The van der Waals surface area contributed by atoms with Gasteiger partial charge in [-0.2, -0.15) is 0 Å². The molecule has 94 valence electrons. The summed E-state index contributed by atoms with van der Waals surface area (Å²) >= 11 is 6.04. The molecule has 0 aliphatic rings. The van der Waals surface area contributed by atoms with Crippen LogP contribution in [0.3, 0.4) is 0 Å². The summed E-state index contributed by atoms with van der Waals surface area (Å²) in [6, 6.07) is 14.7. The number of halogens is 1. The van der Waals surface area contributed by atoms with Gasteiger partial charge in [0.25, 0.3) is 0 Å². The van der Waals surface area contributed by atoms with Crippen LogP contribution in [0.2, 0.25) is 5.02 Å². The molecule has 0 radical (unpaired) electrons. The van der Waals surface area contributed by atoms with E-state index in [2.05, 4.69) is 0 Å². The molecule has 3 heteroatoms. The van der Waals surface area contributed by atoms with Crippen LogP contribution in [-0.2, 0) is 0 Å². The maximum Gasteiger partial charge on any atom is 0.336 e. The van der Waals surface area contributed by atoms with E-state index in [4.69, 9.17) is 16.0 Å². The fraction of sp³-hybridized carbons (Fsp3) is 0.0625. The van der Waals surface area contributed by atoms with Crippen LogP contribution in [0.5, 0.6) is 0 Å². The summed E-state index contributed by atoms with van der Waals surface area (Å²) in [5.74, 6) is 0. The van der Waals surface area contributed by atoms with Gasteiger partial charge in [-0.05, 0) is 36.2 Å². The summed E-state index contributed by atoms with van der Waals surface area (Å²) in [6.45, 7) is 2.01. The topological polar surface area (TPSA) is 30.2 Å². The Morgan fingerprint density at radius 2 is 1.79 bits per heavy atom. The van der Waals surface area contributed by atoms with Gasteiger partial charge in [0.1, 0.15) is 5.58 Å². The SMILES string of the molecule is Cc1ccccc1-c1cc(=O)oc2ccc(Cl)cc12. The van der Waals surface area contributed by atoms with Crippen molar-refractivity contribution in [1.29, 1.82) is 0 Å². The molecule has 0 fully saturated rings. The highest BCUT2D eigenvalue weighted by Crippen LogP contribution is 2.31. The highest BCUT2D eigenvalue weighted by atomic mass is 35.5. The number of aryl methyl sites for hydroxylation is 1. The first-order chi connectivity index (χ1) is 9.15. The van der Waals surface area contributed by atoms with E-state index in [1.165, 1.54) is 6.07 Å². The Morgan fingerprint density at radius 1 is 1.00 bits per heavy atom. The predicted molar refractivity (Wildman–Crippen MR) is 77.7 cm³/mol. The van der Waals surface area contributed by atoms with E-state index in [-0.39, 0.29) is 5.63 Å². The van der Waals surface area contributed by atoms with Gasteiger partial charge in [0, 0.05) is 22.0 Å². The van der Waals surface area contributed by atoms with Crippen molar-refractivity contribution in [3.05, 3.63) is 69.5 Å². The molecule has 2 nitrogen and oxygen atoms in total. The van der Waals surface area contributed by atoms with Crippen LogP contribution in [-0.4, -0.2) is 0 Å². The van der Waals surface area contributed by atoms with Gasteiger partial charge >= 0.3 is 5.63 Å². The lowest BCUT2D eigenvalue weighted by molar-refractivity contribution is 0.561. The third-order valence-electron chi connectivity index (χ3n) is 3.14. The smallest absolute Gasteiger partial charge is 0.336 e. The lowest BCUT2D eigenvalue weighted by Gasteiger charge is -2.08. The second kappa shape index (κ2) is 4.56. The molecule has 0 N–H and O–H groups in total. The van der Waals surface area contributed by atoms with Crippen LogP contribution in [0.4, 0.5) is 0 Å². The summed E-state index contributed by atoms with van der Waals surface area (Å²) in [5, 5.41) is 1.47. The molecule has 1 aromatic heterocycles. The average Bonchev–Trinajstić information content (AvgIpc) is 2.39. The molecule has 0 amide bonds. The summed E-state index contributed by atoms with van der Waals surface area (Å²) in [5.41, 5.74) is 3.17. The Morgan fingerprint density at radius 3 is 2.58 bits per heavy atom. The highest BCUT2D eigenvalue weighted by molar-refractivity contribution is 6.31. The number of hydrogen-bond acceptors (Lipinski definition) is 2. The van der Waals surface area contributed by atoms with Crippen molar-refractivity contribution < 1.29 is 4.42 Å². The predicted octanol–water partition coefficient (Wildman–Crippen LogP) is 4.42. The van der Waals surface area contributed by atoms with Crippen LogP contribution in [0.25, 0.3) is 22.1 Å². The third kappa shape index (κ3) is 2.15. The number of benzene rings is 2. The molecule has 19 heavy (non-hydrogen) atoms. The van der Waals surface area contributed by atoms with Crippen LogP contribution in [0.1, 0.15) is 5.56 Å². The van der Waals surface area contributed by atoms with Crippen LogP contribution in [0, 0.1) is 6.92 Å². The van der Waals surface area contributed by atoms with Crippen molar-refractivity contribution in [3.63, 3.8) is 0 Å². The van der Waals surface area contributed by atoms with Crippen molar-refractivity contribution in [2.45, 2.75) is 6.92 Å². The molecule has 0 spiro atoms. The Balaban J connectivity index is 2.43. The molecule has 1 heterocycles. The molecular weight excluding hydrogens is 260 g/mol. The van der Waals surface area contributed by atoms with E-state index in [0.717, 1.165) is 22.1 Å². The highest BCUT2D eigenvalue weighted by Gasteiger charge is 2.09. The van der Waals surface area contributed by atoms with Gasteiger partial charge < -0.3 is 4.42 Å². The number of hydrogen-bond donors (Lipinski definition) is 0. The molecule has 0 saturated carbocycles. The van der Waals surface area contributed by atoms with Gasteiger partial charge in [-0.15, -0.1) is 0 Å². The second-order valence-electron chi connectivity index (χ2n) is 4.43. The summed E-state index contributed by atoms with van der Waals surface area (Å²) in [7, 11) is 0. The molecular formula is C16H11ClO2. The van der Waals surface area contributed by atoms with Crippen molar-refractivity contribution in [1.82, 2.24) is 0 Å². The van der Waals surface area contributed by atoms with Crippen molar-refractivity contribution in [2.24, 2.45) is 0 Å². The zero-order valence-corrected chi connectivity index (χ0v) is 11.1. The van der Waals surface area contributed by atoms with E-state index in [1.54, 1.807) is 12.1 Å². The van der Waals surface area contributed by atoms with Gasteiger partial charge in [0.15, 0.2) is 0 Å². The van der Waals surface area contributed by atoms with Crippen LogP contribution < -0.4 is 5.63 Å². The minimum absolute atomic E-state index is 0.354. The third-order valence-corrected chi connectivity index (χ3v) is 3.37.